The van der Waals surface area contributed by atoms with E-state index in [9.17, 15) is 13.6 Å². The van der Waals surface area contributed by atoms with Crippen molar-refractivity contribution in [2.45, 2.75) is 34.0 Å². The molecule has 3 aromatic rings. The largest absolute Gasteiger partial charge is 0.488 e. The number of benzene rings is 2. The van der Waals surface area contributed by atoms with E-state index in [4.69, 9.17) is 9.26 Å². The van der Waals surface area contributed by atoms with E-state index in [2.05, 4.69) is 15.2 Å². The average Bonchev–Trinajstić information content (AvgIpc) is 3.05. The minimum absolute atomic E-state index is 0.0136. The van der Waals surface area contributed by atoms with Gasteiger partial charge in [0.1, 0.15) is 23.9 Å². The fourth-order valence-electron chi connectivity index (χ4n) is 2.72. The summed E-state index contributed by atoms with van der Waals surface area (Å²) in [6.07, 6.45) is 0. The predicted octanol–water partition coefficient (Wildman–Crippen LogP) is 5.03. The summed E-state index contributed by atoms with van der Waals surface area (Å²) in [5, 5.41) is 6.33. The van der Waals surface area contributed by atoms with Crippen molar-refractivity contribution in [1.29, 1.82) is 0 Å². The van der Waals surface area contributed by atoms with Crippen molar-refractivity contribution in [1.82, 2.24) is 5.16 Å². The van der Waals surface area contributed by atoms with Gasteiger partial charge >= 0.3 is 6.61 Å². The molecule has 3 rings (SSSR count). The monoisotopic (exact) mass is 402 g/mol. The maximum absolute atomic E-state index is 12.7. The van der Waals surface area contributed by atoms with Crippen molar-refractivity contribution < 1.29 is 27.6 Å². The number of nitrogens with one attached hydrogen (secondary N) is 1. The Morgan fingerprint density at radius 3 is 2.59 bits per heavy atom. The summed E-state index contributed by atoms with van der Waals surface area (Å²) >= 11 is 0. The molecule has 2 aromatic carbocycles. The van der Waals surface area contributed by atoms with Crippen LogP contribution in [0, 0.1) is 20.8 Å². The number of aryl methyl sites for hydroxylation is 2. The normalized spacial score (nSPS) is 10.8. The van der Waals surface area contributed by atoms with Crippen LogP contribution in [0.4, 0.5) is 14.5 Å². The Morgan fingerprint density at radius 1 is 1.10 bits per heavy atom. The van der Waals surface area contributed by atoms with Gasteiger partial charge in [-0.25, -0.2) is 0 Å². The number of nitrogens with zero attached hydrogens (tertiary/aromatic N) is 1. The Morgan fingerprint density at radius 2 is 1.83 bits per heavy atom. The Kier molecular flexibility index (Phi) is 6.11. The fourth-order valence-corrected chi connectivity index (χ4v) is 2.72. The van der Waals surface area contributed by atoms with Crippen molar-refractivity contribution in [2.24, 2.45) is 0 Å². The molecule has 0 aliphatic heterocycles. The summed E-state index contributed by atoms with van der Waals surface area (Å²) in [5.41, 5.74) is 2.65. The van der Waals surface area contributed by atoms with Gasteiger partial charge in [0, 0.05) is 0 Å². The van der Waals surface area contributed by atoms with Gasteiger partial charge in [-0.2, -0.15) is 8.78 Å². The average molecular weight is 402 g/mol. The molecule has 0 spiro atoms. The van der Waals surface area contributed by atoms with Gasteiger partial charge in [-0.15, -0.1) is 0 Å². The van der Waals surface area contributed by atoms with E-state index in [-0.39, 0.29) is 23.7 Å². The SMILES string of the molecule is Cc1cccc(OCc2c(C(=O)Nc3ccccc3OC(F)F)noc2C)c1C. The lowest BCUT2D eigenvalue weighted by Gasteiger charge is -2.12. The molecule has 0 bridgehead atoms. The molecule has 0 aliphatic carbocycles. The van der Waals surface area contributed by atoms with Gasteiger partial charge < -0.3 is 19.3 Å². The molecule has 29 heavy (non-hydrogen) atoms. The summed E-state index contributed by atoms with van der Waals surface area (Å²) in [4.78, 5) is 12.7. The lowest BCUT2D eigenvalue weighted by atomic mass is 10.1. The number of carbonyl (C=O) groups excluding carboxylic acids is 1. The van der Waals surface area contributed by atoms with Gasteiger partial charge in [0.2, 0.25) is 0 Å². The van der Waals surface area contributed by atoms with Crippen LogP contribution in [-0.2, 0) is 6.61 Å². The zero-order valence-electron chi connectivity index (χ0n) is 16.2. The minimum Gasteiger partial charge on any atom is -0.488 e. The van der Waals surface area contributed by atoms with Crippen LogP contribution in [-0.4, -0.2) is 17.7 Å². The van der Waals surface area contributed by atoms with Gasteiger partial charge in [0.05, 0.1) is 11.3 Å². The number of anilines is 1. The number of hydrogen-bond acceptors (Lipinski definition) is 5. The second-order valence-electron chi connectivity index (χ2n) is 6.38. The van der Waals surface area contributed by atoms with Crippen LogP contribution in [0.25, 0.3) is 0 Å². The molecule has 0 unspecified atom stereocenters. The second-order valence-corrected chi connectivity index (χ2v) is 6.38. The highest BCUT2D eigenvalue weighted by atomic mass is 19.3. The van der Waals surface area contributed by atoms with Crippen LogP contribution in [0.2, 0.25) is 0 Å². The van der Waals surface area contributed by atoms with Gasteiger partial charge in [-0.05, 0) is 50.1 Å². The van der Waals surface area contributed by atoms with Gasteiger partial charge in [-0.1, -0.05) is 29.4 Å². The van der Waals surface area contributed by atoms with E-state index < -0.39 is 12.5 Å². The first-order chi connectivity index (χ1) is 13.9. The number of amides is 1. The van der Waals surface area contributed by atoms with E-state index in [1.807, 2.05) is 32.0 Å². The summed E-state index contributed by atoms with van der Waals surface area (Å²) in [5.74, 6) is 0.348. The Labute approximate surface area is 166 Å². The third-order valence-corrected chi connectivity index (χ3v) is 4.48. The number of ether oxygens (including phenoxy) is 2. The van der Waals surface area contributed by atoms with Crippen molar-refractivity contribution in [3.05, 3.63) is 70.6 Å². The molecule has 152 valence electrons. The molecule has 0 atom stereocenters. The number of rotatable bonds is 7. The molecule has 8 heteroatoms. The predicted molar refractivity (Wildman–Crippen MR) is 103 cm³/mol. The molecule has 1 heterocycles. The molecule has 1 amide bonds. The van der Waals surface area contributed by atoms with Crippen molar-refractivity contribution in [3.63, 3.8) is 0 Å². The maximum Gasteiger partial charge on any atom is 0.387 e. The summed E-state index contributed by atoms with van der Waals surface area (Å²) in [6, 6.07) is 11.6. The third kappa shape index (κ3) is 4.71. The van der Waals surface area contributed by atoms with Crippen molar-refractivity contribution >= 4 is 11.6 Å². The zero-order chi connectivity index (χ0) is 21.0. The first-order valence-corrected chi connectivity index (χ1v) is 8.86. The van der Waals surface area contributed by atoms with Gasteiger partial charge in [0.15, 0.2) is 5.69 Å². The zero-order valence-corrected chi connectivity index (χ0v) is 16.2. The molecule has 0 saturated carbocycles. The van der Waals surface area contributed by atoms with Crippen LogP contribution in [0.5, 0.6) is 11.5 Å². The molecule has 0 aliphatic rings. The first-order valence-electron chi connectivity index (χ1n) is 8.86. The topological polar surface area (TPSA) is 73.6 Å². The smallest absolute Gasteiger partial charge is 0.387 e. The summed E-state index contributed by atoms with van der Waals surface area (Å²) < 4.78 is 40.6. The van der Waals surface area contributed by atoms with E-state index in [1.54, 1.807) is 13.0 Å². The van der Waals surface area contributed by atoms with E-state index in [1.165, 1.54) is 18.2 Å². The number of halogens is 2. The highest BCUT2D eigenvalue weighted by Crippen LogP contribution is 2.27. The lowest BCUT2D eigenvalue weighted by Crippen LogP contribution is -2.16. The lowest BCUT2D eigenvalue weighted by molar-refractivity contribution is -0.0493. The van der Waals surface area contributed by atoms with Crippen LogP contribution < -0.4 is 14.8 Å². The maximum atomic E-state index is 12.7. The van der Waals surface area contributed by atoms with E-state index in [0.29, 0.717) is 17.1 Å². The van der Waals surface area contributed by atoms with Gasteiger partial charge in [-0.3, -0.25) is 4.79 Å². The van der Waals surface area contributed by atoms with Crippen LogP contribution in [0.3, 0.4) is 0 Å². The number of alkyl halides is 2. The van der Waals surface area contributed by atoms with Crippen molar-refractivity contribution in [2.75, 3.05) is 5.32 Å². The number of hydrogen-bond donors (Lipinski definition) is 1. The molecular weight excluding hydrogens is 382 g/mol. The van der Waals surface area contributed by atoms with Gasteiger partial charge in [0.25, 0.3) is 5.91 Å². The third-order valence-electron chi connectivity index (χ3n) is 4.48. The Balaban J connectivity index is 1.79. The van der Waals surface area contributed by atoms with Crippen LogP contribution in [0.1, 0.15) is 32.9 Å². The number of para-hydroxylation sites is 2. The highest BCUT2D eigenvalue weighted by Gasteiger charge is 2.22. The fraction of sp³-hybridized carbons (Fsp3) is 0.238. The van der Waals surface area contributed by atoms with Crippen molar-refractivity contribution in [3.8, 4) is 11.5 Å². The summed E-state index contributed by atoms with van der Waals surface area (Å²) in [7, 11) is 0. The second kappa shape index (κ2) is 8.72. The molecule has 1 N–H and O–H groups in total. The molecule has 0 radical (unpaired) electrons. The number of carbonyl (C=O) groups is 1. The molecule has 1 aromatic heterocycles. The standard InChI is InChI=1S/C21H20F2N2O4/c1-12-7-6-10-17(13(12)2)27-11-15-14(3)29-25-19(15)20(26)24-16-8-4-5-9-18(16)28-21(22)23/h4-10,21H,11H2,1-3H3,(H,24,26). The molecule has 0 saturated heterocycles. The minimum atomic E-state index is -3.01. The Bertz CT molecular complexity index is 1020. The van der Waals surface area contributed by atoms with Crippen LogP contribution in [0.15, 0.2) is 47.0 Å². The molecule has 6 nitrogen and oxygen atoms in total. The van der Waals surface area contributed by atoms with E-state index in [0.717, 1.165) is 11.1 Å². The quantitative estimate of drug-likeness (QED) is 0.600. The highest BCUT2D eigenvalue weighted by molar-refractivity contribution is 6.04. The molecule has 0 fully saturated rings. The Hall–Kier alpha value is -3.42. The number of aromatic nitrogens is 1. The summed E-state index contributed by atoms with van der Waals surface area (Å²) in [6.45, 7) is 2.64. The first kappa shape index (κ1) is 20.3. The molecular formula is C21H20F2N2O4. The van der Waals surface area contributed by atoms with E-state index >= 15 is 0 Å². The van der Waals surface area contributed by atoms with Crippen LogP contribution >= 0.6 is 0 Å².